The maximum Gasteiger partial charge on any atom is 0.307 e. The molecular formula is C38H60Br2N4O4. The van der Waals surface area contributed by atoms with Gasteiger partial charge in [0, 0.05) is 11.0 Å². The van der Waals surface area contributed by atoms with E-state index >= 15 is 0 Å². The van der Waals surface area contributed by atoms with Crippen molar-refractivity contribution in [2.45, 2.75) is 125 Å². The highest BCUT2D eigenvalue weighted by Gasteiger charge is 2.72. The van der Waals surface area contributed by atoms with E-state index < -0.39 is 17.4 Å². The zero-order valence-corrected chi connectivity index (χ0v) is 34.1. The standard InChI is InChI=1S/C38H60Br2N4O4/c1-21(2)23(5)34(7)15-16-35(8)24-11-12-27-33(6)17-26(44-31(39)42-43-32(44)40)29(48-19-37(10,41)22(3)4)38(27,20-47-18-33)25(24)13-14-36(35,9)28(34)30(45)46/h13,21-24,26-29H,11-12,14-20,41H2,1-10H3,(H,45,46)/t23-,24+,26-,27-,28-,29+,33-,34-,35-,36+,37+,38+/m1/s1. The van der Waals surface area contributed by atoms with Crippen LogP contribution in [0.2, 0.25) is 0 Å². The fourth-order valence-corrected chi connectivity index (χ4v) is 13.3. The molecule has 8 nitrogen and oxygen atoms in total. The number of aliphatic carboxylic acids is 1. The molecule has 1 aromatic rings. The lowest BCUT2D eigenvalue weighted by atomic mass is 9.34. The van der Waals surface area contributed by atoms with Gasteiger partial charge in [0.05, 0.1) is 37.9 Å². The molecule has 0 aromatic carbocycles. The summed E-state index contributed by atoms with van der Waals surface area (Å²) in [4.78, 5) is 13.5. The molecule has 12 atom stereocenters. The van der Waals surface area contributed by atoms with E-state index in [4.69, 9.17) is 15.2 Å². The molecule has 0 radical (unpaired) electrons. The Kier molecular flexibility index (Phi) is 9.34. The quantitative estimate of drug-likeness (QED) is 0.253. The van der Waals surface area contributed by atoms with Crippen molar-refractivity contribution in [3.8, 4) is 0 Å². The van der Waals surface area contributed by atoms with Crippen molar-refractivity contribution >= 4 is 37.8 Å². The Morgan fingerprint density at radius 1 is 1.08 bits per heavy atom. The molecule has 10 heteroatoms. The molecule has 0 spiro atoms. The minimum Gasteiger partial charge on any atom is -0.481 e. The van der Waals surface area contributed by atoms with E-state index in [1.165, 1.54) is 5.57 Å². The first-order chi connectivity index (χ1) is 22.2. The molecule has 4 aliphatic carbocycles. The molecule has 1 aromatic heterocycles. The predicted octanol–water partition coefficient (Wildman–Crippen LogP) is 8.69. The van der Waals surface area contributed by atoms with E-state index in [1.807, 2.05) is 0 Å². The third-order valence-corrected chi connectivity index (χ3v) is 16.9. The number of rotatable bonds is 8. The van der Waals surface area contributed by atoms with Crippen LogP contribution in [0.4, 0.5) is 0 Å². The number of nitrogens with zero attached hydrogens (tertiary/aromatic N) is 3. The summed E-state index contributed by atoms with van der Waals surface area (Å²) in [6.45, 7) is 24.4. The van der Waals surface area contributed by atoms with E-state index in [2.05, 4.69) is 122 Å². The van der Waals surface area contributed by atoms with E-state index in [9.17, 15) is 9.90 Å². The van der Waals surface area contributed by atoms with Crippen LogP contribution >= 0.6 is 31.9 Å². The van der Waals surface area contributed by atoms with Crippen LogP contribution in [0.15, 0.2) is 21.1 Å². The molecule has 3 N–H and O–H groups in total. The number of halogens is 2. The smallest absolute Gasteiger partial charge is 0.307 e. The zero-order valence-electron chi connectivity index (χ0n) is 30.9. The van der Waals surface area contributed by atoms with Crippen molar-refractivity contribution in [3.63, 3.8) is 0 Å². The molecule has 2 bridgehead atoms. The molecule has 1 saturated heterocycles. The van der Waals surface area contributed by atoms with E-state index in [-0.39, 0.29) is 51.1 Å². The summed E-state index contributed by atoms with van der Waals surface area (Å²) in [6.07, 6.45) is 7.98. The first-order valence-corrected chi connectivity index (χ1v) is 20.0. The first-order valence-electron chi connectivity index (χ1n) is 18.4. The minimum absolute atomic E-state index is 0.0501. The summed E-state index contributed by atoms with van der Waals surface area (Å²) < 4.78 is 17.5. The summed E-state index contributed by atoms with van der Waals surface area (Å²) in [5.74, 6) is 0.506. The van der Waals surface area contributed by atoms with Gasteiger partial charge >= 0.3 is 5.97 Å². The number of hydrogen-bond donors (Lipinski definition) is 2. The Balaban J connectivity index is 1.53. The molecule has 48 heavy (non-hydrogen) atoms. The van der Waals surface area contributed by atoms with Gasteiger partial charge in [-0.1, -0.05) is 74.0 Å². The Bertz CT molecular complexity index is 1440. The fourth-order valence-electron chi connectivity index (χ4n) is 12.1. The van der Waals surface area contributed by atoms with Gasteiger partial charge in [-0.05, 0) is 129 Å². The number of nitrogens with two attached hydrogens (primary N) is 1. The summed E-state index contributed by atoms with van der Waals surface area (Å²) in [5.41, 5.74) is 6.55. The van der Waals surface area contributed by atoms with Crippen molar-refractivity contribution in [1.29, 1.82) is 0 Å². The minimum atomic E-state index is -0.632. The highest BCUT2D eigenvalue weighted by atomic mass is 79.9. The van der Waals surface area contributed by atoms with Gasteiger partial charge in [-0.2, -0.15) is 0 Å². The van der Waals surface area contributed by atoms with Crippen molar-refractivity contribution in [1.82, 2.24) is 14.8 Å². The second-order valence-corrected chi connectivity index (χ2v) is 20.1. The number of carbonyl (C=O) groups is 1. The van der Waals surface area contributed by atoms with Gasteiger partial charge in [-0.25, -0.2) is 0 Å². The van der Waals surface area contributed by atoms with Gasteiger partial charge in [0.1, 0.15) is 0 Å². The predicted molar refractivity (Wildman–Crippen MR) is 195 cm³/mol. The number of allylic oxidation sites excluding steroid dienone is 1. The third kappa shape index (κ3) is 5.05. The molecule has 270 valence electrons. The molecule has 5 aliphatic rings. The molecule has 0 unspecified atom stereocenters. The number of ether oxygens (including phenoxy) is 2. The monoisotopic (exact) mass is 794 g/mol. The highest BCUT2D eigenvalue weighted by molar-refractivity contribution is 9.11. The normalized spacial score (nSPS) is 44.3. The van der Waals surface area contributed by atoms with Gasteiger partial charge in [-0.3, -0.25) is 9.36 Å². The van der Waals surface area contributed by atoms with Crippen LogP contribution in [0, 0.1) is 62.6 Å². The molecular weight excluding hydrogens is 736 g/mol. The number of aromatic nitrogens is 3. The van der Waals surface area contributed by atoms with Crippen LogP contribution in [-0.2, 0) is 14.3 Å². The van der Waals surface area contributed by atoms with Crippen LogP contribution in [-0.4, -0.2) is 57.3 Å². The van der Waals surface area contributed by atoms with Crippen molar-refractivity contribution < 1.29 is 19.4 Å². The SMILES string of the molecule is CC(C)[C@@H](C)[C@@]1(C)CC[C@]2(C)[C@H]3CC[C@@H]4[C@@]5(C)COC[C@@]4(C3=CC[C@@]2(C)[C@@H]1C(=O)O)[C@@H](OC[C@](C)(N)C(C)C)[C@H](n1c(Br)nnc1Br)C5. The lowest BCUT2D eigenvalue weighted by molar-refractivity contribution is -0.254. The average molecular weight is 797 g/mol. The number of carboxylic acid groups (broad SMARTS) is 1. The van der Waals surface area contributed by atoms with Gasteiger partial charge in [0.25, 0.3) is 0 Å². The molecule has 0 amide bonds. The Labute approximate surface area is 305 Å². The molecule has 4 fully saturated rings. The van der Waals surface area contributed by atoms with E-state index in [1.54, 1.807) is 0 Å². The summed E-state index contributed by atoms with van der Waals surface area (Å²) in [5, 5.41) is 19.9. The van der Waals surface area contributed by atoms with E-state index in [0.717, 1.165) is 38.5 Å². The summed E-state index contributed by atoms with van der Waals surface area (Å²) in [6, 6.07) is -0.0501. The second kappa shape index (κ2) is 12.1. The summed E-state index contributed by atoms with van der Waals surface area (Å²) in [7, 11) is 0. The van der Waals surface area contributed by atoms with Crippen LogP contribution in [0.5, 0.6) is 0 Å². The molecule has 2 heterocycles. The number of fused-ring (bicyclic) bond motifs is 3. The zero-order chi connectivity index (χ0) is 35.4. The largest absolute Gasteiger partial charge is 0.481 e. The van der Waals surface area contributed by atoms with Gasteiger partial charge < -0.3 is 20.3 Å². The topological polar surface area (TPSA) is 112 Å². The maximum absolute atomic E-state index is 13.5. The van der Waals surface area contributed by atoms with Crippen LogP contribution in [0.25, 0.3) is 0 Å². The van der Waals surface area contributed by atoms with Crippen molar-refractivity contribution in [2.24, 2.45) is 68.3 Å². The fraction of sp³-hybridized carbons (Fsp3) is 0.868. The lowest BCUT2D eigenvalue weighted by Gasteiger charge is -2.71. The highest BCUT2D eigenvalue weighted by Crippen LogP contribution is 2.75. The molecule has 3 saturated carbocycles. The van der Waals surface area contributed by atoms with Crippen LogP contribution in [0.1, 0.15) is 114 Å². The molecule has 6 rings (SSSR count). The van der Waals surface area contributed by atoms with Crippen LogP contribution < -0.4 is 5.73 Å². The average Bonchev–Trinajstić information content (AvgIpc) is 3.33. The lowest BCUT2D eigenvalue weighted by Crippen LogP contribution is -2.70. The van der Waals surface area contributed by atoms with Crippen molar-refractivity contribution in [2.75, 3.05) is 19.8 Å². The first kappa shape index (κ1) is 37.0. The Morgan fingerprint density at radius 2 is 1.73 bits per heavy atom. The Morgan fingerprint density at radius 3 is 2.31 bits per heavy atom. The van der Waals surface area contributed by atoms with Crippen molar-refractivity contribution in [3.05, 3.63) is 21.1 Å². The third-order valence-electron chi connectivity index (χ3n) is 15.8. The summed E-state index contributed by atoms with van der Waals surface area (Å²) >= 11 is 7.47. The van der Waals surface area contributed by atoms with Gasteiger partial charge in [0.15, 0.2) is 0 Å². The van der Waals surface area contributed by atoms with Gasteiger partial charge in [0.2, 0.25) is 9.47 Å². The van der Waals surface area contributed by atoms with Crippen LogP contribution in [0.3, 0.4) is 0 Å². The van der Waals surface area contributed by atoms with E-state index in [0.29, 0.717) is 47.0 Å². The Hall–Kier alpha value is -0.810. The number of hydrogen-bond acceptors (Lipinski definition) is 6. The van der Waals surface area contributed by atoms with Gasteiger partial charge in [-0.15, -0.1) is 10.2 Å². The maximum atomic E-state index is 13.5. The number of carboxylic acids is 1. The second-order valence-electron chi connectivity index (χ2n) is 18.6. The molecule has 1 aliphatic heterocycles.